The van der Waals surface area contributed by atoms with Crippen LogP contribution in [0.2, 0.25) is 0 Å². The summed E-state index contributed by atoms with van der Waals surface area (Å²) >= 11 is 0. The average molecular weight is 281 g/mol. The Morgan fingerprint density at radius 2 is 1.71 bits per heavy atom. The highest BCUT2D eigenvalue weighted by atomic mass is 16.5. The van der Waals surface area contributed by atoms with Gasteiger partial charge in [-0.05, 0) is 78.6 Å². The first kappa shape index (κ1) is 13.1. The second-order valence-electron chi connectivity index (χ2n) is 6.73. The third-order valence-electron chi connectivity index (χ3n) is 5.49. The zero-order valence-electron chi connectivity index (χ0n) is 12.8. The van der Waals surface area contributed by atoms with Crippen LogP contribution in [0.5, 0.6) is 5.75 Å². The smallest absolute Gasteiger partial charge is 0.119 e. The molecule has 2 aliphatic carbocycles. The molecule has 2 aromatic carbocycles. The summed E-state index contributed by atoms with van der Waals surface area (Å²) in [5.74, 6) is 3.82. The summed E-state index contributed by atoms with van der Waals surface area (Å²) in [6.07, 6.45) is 4.32. The number of benzene rings is 2. The van der Waals surface area contributed by atoms with E-state index in [0.29, 0.717) is 6.04 Å². The van der Waals surface area contributed by atoms with Gasteiger partial charge in [-0.2, -0.15) is 0 Å². The molecule has 3 unspecified atom stereocenters. The van der Waals surface area contributed by atoms with E-state index in [2.05, 4.69) is 42.7 Å². The zero-order chi connectivity index (χ0) is 14.4. The van der Waals surface area contributed by atoms with Gasteiger partial charge >= 0.3 is 0 Å². The molecule has 0 heterocycles. The lowest BCUT2D eigenvalue weighted by Gasteiger charge is -2.25. The van der Waals surface area contributed by atoms with Crippen molar-refractivity contribution in [3.8, 4) is 5.75 Å². The van der Waals surface area contributed by atoms with Crippen molar-refractivity contribution in [3.05, 3.63) is 42.0 Å². The van der Waals surface area contributed by atoms with Gasteiger partial charge in [0.15, 0.2) is 0 Å². The summed E-state index contributed by atoms with van der Waals surface area (Å²) in [6, 6.07) is 13.7. The molecule has 0 aliphatic heterocycles. The molecular weight excluding hydrogens is 258 g/mol. The van der Waals surface area contributed by atoms with E-state index in [4.69, 9.17) is 4.74 Å². The molecule has 3 atom stereocenters. The molecule has 21 heavy (non-hydrogen) atoms. The third-order valence-corrected chi connectivity index (χ3v) is 5.49. The van der Waals surface area contributed by atoms with Gasteiger partial charge in [-0.15, -0.1) is 0 Å². The molecule has 0 saturated heterocycles. The summed E-state index contributed by atoms with van der Waals surface area (Å²) in [5, 5.41) is 6.12. The summed E-state index contributed by atoms with van der Waals surface area (Å²) in [6.45, 7) is 0. The lowest BCUT2D eigenvalue weighted by atomic mass is 9.88. The molecule has 0 bridgehead atoms. The quantitative estimate of drug-likeness (QED) is 0.908. The van der Waals surface area contributed by atoms with Crippen molar-refractivity contribution < 1.29 is 4.74 Å². The predicted molar refractivity (Wildman–Crippen MR) is 86.6 cm³/mol. The van der Waals surface area contributed by atoms with Gasteiger partial charge in [0.25, 0.3) is 0 Å². The Kier molecular flexibility index (Phi) is 3.15. The maximum atomic E-state index is 5.31. The zero-order valence-corrected chi connectivity index (χ0v) is 12.8. The van der Waals surface area contributed by atoms with Crippen molar-refractivity contribution in [1.82, 2.24) is 5.32 Å². The van der Waals surface area contributed by atoms with E-state index in [1.807, 2.05) is 6.07 Å². The number of ether oxygens (including phenoxy) is 1. The summed E-state index contributed by atoms with van der Waals surface area (Å²) in [4.78, 5) is 0. The van der Waals surface area contributed by atoms with Crippen molar-refractivity contribution in [1.29, 1.82) is 0 Å². The van der Waals surface area contributed by atoms with Crippen molar-refractivity contribution in [2.45, 2.75) is 25.3 Å². The minimum Gasteiger partial charge on any atom is -0.497 e. The lowest BCUT2D eigenvalue weighted by molar-refractivity contribution is 0.360. The molecule has 2 heteroatoms. The van der Waals surface area contributed by atoms with Crippen LogP contribution in [-0.4, -0.2) is 14.2 Å². The van der Waals surface area contributed by atoms with Crippen molar-refractivity contribution in [2.24, 2.45) is 17.8 Å². The molecule has 2 aromatic rings. The Morgan fingerprint density at radius 1 is 1.00 bits per heavy atom. The third kappa shape index (κ3) is 2.32. The van der Waals surface area contributed by atoms with E-state index < -0.39 is 0 Å². The normalized spacial score (nSPS) is 28.4. The van der Waals surface area contributed by atoms with Crippen LogP contribution >= 0.6 is 0 Å². The van der Waals surface area contributed by atoms with E-state index in [1.54, 1.807) is 7.11 Å². The largest absolute Gasteiger partial charge is 0.497 e. The fourth-order valence-electron chi connectivity index (χ4n) is 4.27. The highest BCUT2D eigenvalue weighted by Gasteiger charge is 2.47. The number of hydrogen-bond acceptors (Lipinski definition) is 2. The first-order valence-electron chi connectivity index (χ1n) is 8.03. The number of hydrogen-bond donors (Lipinski definition) is 1. The molecular formula is C19H23NO. The number of rotatable bonds is 4. The summed E-state index contributed by atoms with van der Waals surface area (Å²) in [7, 11) is 3.82. The number of methoxy groups -OCH3 is 1. The number of fused-ring (bicyclic) bond motifs is 2. The lowest BCUT2D eigenvalue weighted by Crippen LogP contribution is -2.24. The maximum Gasteiger partial charge on any atom is 0.119 e. The van der Waals surface area contributed by atoms with Gasteiger partial charge in [-0.25, -0.2) is 0 Å². The SMILES string of the molecule is CNC(c1ccc2cc(OC)ccc2c1)C1CC2CC2C1. The Bertz CT molecular complexity index is 656. The van der Waals surface area contributed by atoms with Crippen LogP contribution in [-0.2, 0) is 0 Å². The topological polar surface area (TPSA) is 21.3 Å². The van der Waals surface area contributed by atoms with Gasteiger partial charge in [0, 0.05) is 6.04 Å². The van der Waals surface area contributed by atoms with E-state index in [1.165, 1.54) is 35.6 Å². The summed E-state index contributed by atoms with van der Waals surface area (Å²) < 4.78 is 5.31. The van der Waals surface area contributed by atoms with Crippen LogP contribution in [0.4, 0.5) is 0 Å². The number of nitrogens with one attached hydrogen (secondary N) is 1. The van der Waals surface area contributed by atoms with Crippen molar-refractivity contribution in [2.75, 3.05) is 14.2 Å². The second-order valence-corrected chi connectivity index (χ2v) is 6.73. The van der Waals surface area contributed by atoms with E-state index in [0.717, 1.165) is 23.5 Å². The van der Waals surface area contributed by atoms with Gasteiger partial charge in [-0.1, -0.05) is 18.2 Å². The maximum absolute atomic E-state index is 5.31. The van der Waals surface area contributed by atoms with Gasteiger partial charge in [0.05, 0.1) is 7.11 Å². The van der Waals surface area contributed by atoms with Crippen LogP contribution in [0.3, 0.4) is 0 Å². The molecule has 2 nitrogen and oxygen atoms in total. The molecule has 0 amide bonds. The fraction of sp³-hybridized carbons (Fsp3) is 0.474. The molecule has 0 radical (unpaired) electrons. The molecule has 0 aromatic heterocycles. The molecule has 110 valence electrons. The Hall–Kier alpha value is -1.54. The van der Waals surface area contributed by atoms with E-state index in [-0.39, 0.29) is 0 Å². The molecule has 2 saturated carbocycles. The molecule has 2 aliphatic rings. The molecule has 1 N–H and O–H groups in total. The summed E-state index contributed by atoms with van der Waals surface area (Å²) in [5.41, 5.74) is 1.43. The molecule has 4 rings (SSSR count). The fourth-order valence-corrected chi connectivity index (χ4v) is 4.27. The van der Waals surface area contributed by atoms with Crippen molar-refractivity contribution >= 4 is 10.8 Å². The Morgan fingerprint density at radius 3 is 2.43 bits per heavy atom. The minimum absolute atomic E-state index is 0.504. The Balaban J connectivity index is 1.65. The van der Waals surface area contributed by atoms with Crippen LogP contribution in [0.15, 0.2) is 36.4 Å². The van der Waals surface area contributed by atoms with E-state index in [9.17, 15) is 0 Å². The van der Waals surface area contributed by atoms with Crippen molar-refractivity contribution in [3.63, 3.8) is 0 Å². The van der Waals surface area contributed by atoms with Crippen LogP contribution < -0.4 is 10.1 Å². The second kappa shape index (κ2) is 5.03. The standard InChI is InChI=1S/C19H23NO/c1-20-19(17-9-15-8-16(15)10-17)14-4-3-13-11-18(21-2)6-5-12(13)7-14/h3-7,11,15-17,19-20H,8-10H2,1-2H3. The van der Waals surface area contributed by atoms with E-state index >= 15 is 0 Å². The van der Waals surface area contributed by atoms with Crippen LogP contribution in [0.25, 0.3) is 10.8 Å². The predicted octanol–water partition coefficient (Wildman–Crippen LogP) is 4.16. The van der Waals surface area contributed by atoms with Gasteiger partial charge in [0.2, 0.25) is 0 Å². The molecule has 2 fully saturated rings. The van der Waals surface area contributed by atoms with Gasteiger partial charge in [0.1, 0.15) is 5.75 Å². The first-order chi connectivity index (χ1) is 10.3. The highest BCUT2D eigenvalue weighted by Crippen LogP contribution is 2.57. The van der Waals surface area contributed by atoms with Gasteiger partial charge in [-0.3, -0.25) is 0 Å². The average Bonchev–Trinajstić information content (AvgIpc) is 3.14. The van der Waals surface area contributed by atoms with Crippen LogP contribution in [0, 0.1) is 17.8 Å². The highest BCUT2D eigenvalue weighted by molar-refractivity contribution is 5.84. The van der Waals surface area contributed by atoms with Crippen LogP contribution in [0.1, 0.15) is 30.9 Å². The molecule has 0 spiro atoms. The monoisotopic (exact) mass is 281 g/mol. The minimum atomic E-state index is 0.504. The Labute approximate surface area is 126 Å². The van der Waals surface area contributed by atoms with Gasteiger partial charge < -0.3 is 10.1 Å². The first-order valence-corrected chi connectivity index (χ1v) is 8.03.